The molecule has 0 aliphatic carbocycles. The summed E-state index contributed by atoms with van der Waals surface area (Å²) >= 11 is 0. The van der Waals surface area contributed by atoms with E-state index in [9.17, 15) is 4.79 Å². The van der Waals surface area contributed by atoms with Crippen molar-refractivity contribution in [2.75, 3.05) is 13.1 Å². The van der Waals surface area contributed by atoms with Gasteiger partial charge in [0.25, 0.3) is 0 Å². The Kier molecular flexibility index (Phi) is 4.76. The number of rotatable bonds is 5. The second-order valence-electron chi connectivity index (χ2n) is 5.09. The van der Waals surface area contributed by atoms with Crippen LogP contribution in [0.5, 0.6) is 0 Å². The molecule has 1 aliphatic heterocycles. The van der Waals surface area contributed by atoms with Crippen molar-refractivity contribution in [2.45, 2.75) is 38.1 Å². The Morgan fingerprint density at radius 3 is 2.83 bits per heavy atom. The fraction of sp³-hybridized carbons (Fsp3) is 0.533. The number of hydrogen-bond donors (Lipinski definition) is 2. The molecule has 1 saturated heterocycles. The molecule has 0 bridgehead atoms. The normalized spacial score (nSPS) is 21.4. The Hall–Kier alpha value is -1.35. The zero-order chi connectivity index (χ0) is 12.8. The van der Waals surface area contributed by atoms with Gasteiger partial charge in [-0.15, -0.1) is 0 Å². The molecular formula is C15H22N2O. The lowest BCUT2D eigenvalue weighted by Gasteiger charge is -2.24. The minimum absolute atomic E-state index is 0.186. The van der Waals surface area contributed by atoms with E-state index in [-0.39, 0.29) is 5.91 Å². The molecule has 1 aromatic rings. The van der Waals surface area contributed by atoms with E-state index >= 15 is 0 Å². The smallest absolute Gasteiger partial charge is 0.220 e. The summed E-state index contributed by atoms with van der Waals surface area (Å²) in [6, 6.07) is 11.1. The summed E-state index contributed by atoms with van der Waals surface area (Å²) in [7, 11) is 0. The minimum Gasteiger partial charge on any atom is -0.355 e. The highest BCUT2D eigenvalue weighted by atomic mass is 16.1. The van der Waals surface area contributed by atoms with E-state index in [1.165, 1.54) is 5.56 Å². The van der Waals surface area contributed by atoms with Gasteiger partial charge in [0.1, 0.15) is 0 Å². The molecule has 0 saturated carbocycles. The largest absolute Gasteiger partial charge is 0.355 e. The SMILES string of the molecule is CC(CCNC1CCC(=O)NC1)c1ccccc1. The Balaban J connectivity index is 1.68. The van der Waals surface area contributed by atoms with Gasteiger partial charge in [-0.1, -0.05) is 37.3 Å². The molecule has 18 heavy (non-hydrogen) atoms. The third kappa shape index (κ3) is 3.84. The average molecular weight is 246 g/mol. The highest BCUT2D eigenvalue weighted by molar-refractivity contribution is 5.76. The van der Waals surface area contributed by atoms with Gasteiger partial charge in [0.15, 0.2) is 0 Å². The fourth-order valence-electron chi connectivity index (χ4n) is 2.36. The maximum Gasteiger partial charge on any atom is 0.220 e. The number of nitrogens with one attached hydrogen (secondary N) is 2. The Bertz CT molecular complexity index is 367. The monoisotopic (exact) mass is 246 g/mol. The average Bonchev–Trinajstić information content (AvgIpc) is 2.42. The third-order valence-electron chi connectivity index (χ3n) is 3.64. The fourth-order valence-corrected chi connectivity index (χ4v) is 2.36. The van der Waals surface area contributed by atoms with Crippen LogP contribution in [0, 0.1) is 0 Å². The molecule has 98 valence electrons. The van der Waals surface area contributed by atoms with Crippen LogP contribution in [-0.2, 0) is 4.79 Å². The predicted molar refractivity (Wildman–Crippen MR) is 73.5 cm³/mol. The van der Waals surface area contributed by atoms with Gasteiger partial charge in [-0.25, -0.2) is 0 Å². The number of carbonyl (C=O) groups excluding carboxylic acids is 1. The molecule has 2 unspecified atom stereocenters. The Labute approximate surface area is 109 Å². The second-order valence-corrected chi connectivity index (χ2v) is 5.09. The highest BCUT2D eigenvalue weighted by Crippen LogP contribution is 2.17. The number of benzene rings is 1. The van der Waals surface area contributed by atoms with Crippen LogP contribution in [0.3, 0.4) is 0 Å². The van der Waals surface area contributed by atoms with Crippen LogP contribution in [0.25, 0.3) is 0 Å². The molecule has 0 spiro atoms. The van der Waals surface area contributed by atoms with E-state index in [1.54, 1.807) is 0 Å². The van der Waals surface area contributed by atoms with Crippen molar-refractivity contribution in [2.24, 2.45) is 0 Å². The van der Waals surface area contributed by atoms with E-state index < -0.39 is 0 Å². The van der Waals surface area contributed by atoms with E-state index in [0.29, 0.717) is 18.4 Å². The molecule has 2 atom stereocenters. The standard InChI is InChI=1S/C15H22N2O/c1-12(13-5-3-2-4-6-13)9-10-16-14-7-8-15(18)17-11-14/h2-6,12,14,16H,7-11H2,1H3,(H,17,18). The van der Waals surface area contributed by atoms with E-state index in [1.807, 2.05) is 0 Å². The van der Waals surface area contributed by atoms with Crippen LogP contribution in [0.1, 0.15) is 37.7 Å². The van der Waals surface area contributed by atoms with Crippen molar-refractivity contribution in [3.63, 3.8) is 0 Å². The maximum absolute atomic E-state index is 11.0. The van der Waals surface area contributed by atoms with E-state index in [4.69, 9.17) is 0 Å². The van der Waals surface area contributed by atoms with Crippen molar-refractivity contribution >= 4 is 5.91 Å². The number of carbonyl (C=O) groups is 1. The van der Waals surface area contributed by atoms with Crippen molar-refractivity contribution in [1.82, 2.24) is 10.6 Å². The summed E-state index contributed by atoms with van der Waals surface area (Å²) in [5.74, 6) is 0.766. The number of hydrogen-bond acceptors (Lipinski definition) is 2. The van der Waals surface area contributed by atoms with Crippen LogP contribution in [-0.4, -0.2) is 25.0 Å². The van der Waals surface area contributed by atoms with Crippen molar-refractivity contribution in [1.29, 1.82) is 0 Å². The van der Waals surface area contributed by atoms with Crippen molar-refractivity contribution in [3.8, 4) is 0 Å². The van der Waals surface area contributed by atoms with E-state index in [0.717, 1.165) is 25.9 Å². The quantitative estimate of drug-likeness (QED) is 0.835. The van der Waals surface area contributed by atoms with Gasteiger partial charge in [0.05, 0.1) is 0 Å². The first-order chi connectivity index (χ1) is 8.75. The topological polar surface area (TPSA) is 41.1 Å². The molecule has 1 amide bonds. The lowest BCUT2D eigenvalue weighted by molar-refractivity contribution is -0.122. The summed E-state index contributed by atoms with van der Waals surface area (Å²) in [5, 5.41) is 6.43. The van der Waals surface area contributed by atoms with Crippen LogP contribution < -0.4 is 10.6 Å². The van der Waals surface area contributed by atoms with Gasteiger partial charge in [0.2, 0.25) is 5.91 Å². The maximum atomic E-state index is 11.0. The van der Waals surface area contributed by atoms with E-state index in [2.05, 4.69) is 47.9 Å². The van der Waals surface area contributed by atoms with Crippen molar-refractivity contribution < 1.29 is 4.79 Å². The first-order valence-corrected chi connectivity index (χ1v) is 6.80. The van der Waals surface area contributed by atoms with Gasteiger partial charge in [-0.05, 0) is 30.9 Å². The molecule has 1 fully saturated rings. The summed E-state index contributed by atoms with van der Waals surface area (Å²) in [6.45, 7) is 4.05. The zero-order valence-electron chi connectivity index (χ0n) is 11.0. The van der Waals surface area contributed by atoms with Gasteiger partial charge < -0.3 is 10.6 Å². The van der Waals surface area contributed by atoms with Crippen LogP contribution in [0.4, 0.5) is 0 Å². The first kappa shape index (κ1) is 13.1. The van der Waals surface area contributed by atoms with Gasteiger partial charge >= 0.3 is 0 Å². The minimum atomic E-state index is 0.186. The predicted octanol–water partition coefficient (Wildman–Crippen LogP) is 2.05. The van der Waals surface area contributed by atoms with Gasteiger partial charge in [0, 0.05) is 19.0 Å². The number of piperidine rings is 1. The first-order valence-electron chi connectivity index (χ1n) is 6.80. The molecule has 1 aliphatic rings. The summed E-state index contributed by atoms with van der Waals surface area (Å²) in [4.78, 5) is 11.0. The summed E-state index contributed by atoms with van der Waals surface area (Å²) in [6.07, 6.45) is 2.76. The van der Waals surface area contributed by atoms with Gasteiger partial charge in [-0.3, -0.25) is 4.79 Å². The third-order valence-corrected chi connectivity index (χ3v) is 3.64. The van der Waals surface area contributed by atoms with Crippen LogP contribution in [0.2, 0.25) is 0 Å². The molecule has 3 nitrogen and oxygen atoms in total. The second kappa shape index (κ2) is 6.55. The Morgan fingerprint density at radius 1 is 1.39 bits per heavy atom. The lowest BCUT2D eigenvalue weighted by Crippen LogP contribution is -2.46. The summed E-state index contributed by atoms with van der Waals surface area (Å²) in [5.41, 5.74) is 1.40. The summed E-state index contributed by atoms with van der Waals surface area (Å²) < 4.78 is 0. The zero-order valence-corrected chi connectivity index (χ0v) is 11.0. The molecule has 2 rings (SSSR count). The van der Waals surface area contributed by atoms with Crippen molar-refractivity contribution in [3.05, 3.63) is 35.9 Å². The highest BCUT2D eigenvalue weighted by Gasteiger charge is 2.17. The van der Waals surface area contributed by atoms with Crippen LogP contribution in [0.15, 0.2) is 30.3 Å². The molecule has 2 N–H and O–H groups in total. The molecule has 1 aromatic carbocycles. The number of amides is 1. The lowest BCUT2D eigenvalue weighted by atomic mass is 9.97. The molecule has 3 heteroatoms. The van der Waals surface area contributed by atoms with Crippen LogP contribution >= 0.6 is 0 Å². The van der Waals surface area contributed by atoms with Gasteiger partial charge in [-0.2, -0.15) is 0 Å². The molecule has 1 heterocycles. The molecule has 0 radical (unpaired) electrons. The Morgan fingerprint density at radius 2 is 2.17 bits per heavy atom. The molecular weight excluding hydrogens is 224 g/mol. The molecule has 0 aromatic heterocycles.